The maximum absolute atomic E-state index is 14.4. The number of nitrogens with one attached hydrogen (secondary N) is 1. The molecule has 0 radical (unpaired) electrons. The fourth-order valence-electron chi connectivity index (χ4n) is 4.72. The maximum Gasteiger partial charge on any atom is 0.235 e. The number of benzene rings is 1. The van der Waals surface area contributed by atoms with E-state index in [1.54, 1.807) is 73.0 Å². The Balaban J connectivity index is 1.51. The molecule has 1 aliphatic rings. The zero-order valence-electron chi connectivity index (χ0n) is 20.9. The molecule has 0 saturated carbocycles. The summed E-state index contributed by atoms with van der Waals surface area (Å²) in [7, 11) is 1.76. The first-order chi connectivity index (χ1) is 18.2. The van der Waals surface area contributed by atoms with Crippen molar-refractivity contribution in [2.24, 2.45) is 7.05 Å². The number of anilines is 1. The number of amides is 1. The number of carbonyl (C=O) groups is 2. The lowest BCUT2D eigenvalue weighted by Crippen LogP contribution is -2.29. The largest absolute Gasteiger partial charge is 0.310 e. The predicted octanol–water partition coefficient (Wildman–Crippen LogP) is 3.46. The fourth-order valence-corrected chi connectivity index (χ4v) is 4.72. The number of ketones is 1. The Kier molecular flexibility index (Phi) is 5.37. The maximum atomic E-state index is 14.4. The molecule has 0 fully saturated rings. The van der Waals surface area contributed by atoms with Crippen molar-refractivity contribution >= 4 is 28.5 Å². The summed E-state index contributed by atoms with van der Waals surface area (Å²) in [4.78, 5) is 40.2. The van der Waals surface area contributed by atoms with Crippen molar-refractivity contribution in [3.63, 3.8) is 0 Å². The minimum absolute atomic E-state index is 0.0493. The van der Waals surface area contributed by atoms with Crippen LogP contribution in [0.4, 0.5) is 10.2 Å². The number of hydrogen-bond donors (Lipinski definition) is 1. The number of pyridine rings is 1. The van der Waals surface area contributed by atoms with Crippen molar-refractivity contribution in [3.05, 3.63) is 83.2 Å². The van der Waals surface area contributed by atoms with E-state index in [9.17, 15) is 14.0 Å². The highest BCUT2D eigenvalue weighted by Crippen LogP contribution is 2.40. The van der Waals surface area contributed by atoms with E-state index in [1.807, 2.05) is 6.07 Å². The number of halogens is 1. The van der Waals surface area contributed by atoms with Crippen molar-refractivity contribution in [2.45, 2.75) is 32.2 Å². The Morgan fingerprint density at radius 3 is 2.66 bits per heavy atom. The second-order valence-electron chi connectivity index (χ2n) is 9.72. The van der Waals surface area contributed by atoms with E-state index in [-0.39, 0.29) is 47.8 Å². The molecule has 1 aromatic carbocycles. The van der Waals surface area contributed by atoms with Crippen LogP contribution in [0.1, 0.15) is 41.2 Å². The highest BCUT2D eigenvalue weighted by molar-refractivity contribution is 6.10. The lowest BCUT2D eigenvalue weighted by Gasteiger charge is -2.17. The Morgan fingerprint density at radius 1 is 1.08 bits per heavy atom. The zero-order valence-corrected chi connectivity index (χ0v) is 20.9. The third kappa shape index (κ3) is 3.74. The van der Waals surface area contributed by atoms with Gasteiger partial charge in [0, 0.05) is 36.3 Å². The molecule has 0 aliphatic carbocycles. The number of aromatic nitrogens is 7. The third-order valence-corrected chi connectivity index (χ3v) is 6.86. The van der Waals surface area contributed by atoms with Gasteiger partial charge in [0.2, 0.25) is 5.91 Å². The molecule has 4 aromatic heterocycles. The summed E-state index contributed by atoms with van der Waals surface area (Å²) in [6.07, 6.45) is 3.29. The van der Waals surface area contributed by atoms with Gasteiger partial charge < -0.3 is 5.32 Å². The molecule has 0 saturated heterocycles. The van der Waals surface area contributed by atoms with Crippen LogP contribution in [0.5, 0.6) is 0 Å². The van der Waals surface area contributed by atoms with Crippen LogP contribution >= 0.6 is 0 Å². The van der Waals surface area contributed by atoms with Crippen molar-refractivity contribution < 1.29 is 14.0 Å². The normalized spacial score (nSPS) is 14.1. The first-order valence-corrected chi connectivity index (χ1v) is 12.0. The molecule has 1 aliphatic heterocycles. The average molecular weight is 511 g/mol. The molecule has 6 rings (SSSR count). The van der Waals surface area contributed by atoms with E-state index in [1.165, 1.54) is 6.07 Å². The molecule has 0 atom stereocenters. The smallest absolute Gasteiger partial charge is 0.235 e. The summed E-state index contributed by atoms with van der Waals surface area (Å²) in [6.45, 7) is 3.61. The monoisotopic (exact) mass is 510 g/mol. The predicted molar refractivity (Wildman–Crippen MR) is 137 cm³/mol. The van der Waals surface area contributed by atoms with Gasteiger partial charge in [-0.2, -0.15) is 10.2 Å². The lowest BCUT2D eigenvalue weighted by atomic mass is 9.84. The molecule has 1 N–H and O–H groups in total. The summed E-state index contributed by atoms with van der Waals surface area (Å²) in [5.74, 6) is -0.453. The van der Waals surface area contributed by atoms with Crippen molar-refractivity contribution in [3.8, 4) is 11.5 Å². The number of fused-ring (bicyclic) bond motifs is 2. The molecule has 10 nitrogen and oxygen atoms in total. The fraction of sp³-hybridized carbons (Fsp3) is 0.222. The van der Waals surface area contributed by atoms with E-state index in [4.69, 9.17) is 5.10 Å². The number of rotatable bonds is 6. The number of hydrogen-bond acceptors (Lipinski definition) is 7. The number of nitrogens with zero attached hydrogens (tertiary/aromatic N) is 7. The molecule has 0 bridgehead atoms. The van der Waals surface area contributed by atoms with Crippen LogP contribution in [-0.4, -0.2) is 46.2 Å². The molecular formula is C27H23FN8O2. The van der Waals surface area contributed by atoms with Crippen LogP contribution < -0.4 is 5.32 Å². The van der Waals surface area contributed by atoms with Gasteiger partial charge in [0.05, 0.1) is 23.8 Å². The van der Waals surface area contributed by atoms with Gasteiger partial charge in [-0.05, 0) is 38.1 Å². The topological polar surface area (TPSA) is 120 Å². The van der Waals surface area contributed by atoms with Gasteiger partial charge in [0.15, 0.2) is 17.3 Å². The molecule has 5 heterocycles. The van der Waals surface area contributed by atoms with Crippen LogP contribution in [0.2, 0.25) is 0 Å². The van der Waals surface area contributed by atoms with Gasteiger partial charge in [-0.25, -0.2) is 24.0 Å². The zero-order chi connectivity index (χ0) is 26.6. The Morgan fingerprint density at radius 2 is 1.89 bits per heavy atom. The molecular weight excluding hydrogens is 487 g/mol. The molecule has 11 heteroatoms. The highest BCUT2D eigenvalue weighted by atomic mass is 19.1. The Bertz CT molecular complexity index is 1750. The van der Waals surface area contributed by atoms with Gasteiger partial charge in [-0.1, -0.05) is 18.2 Å². The van der Waals surface area contributed by atoms with Crippen LogP contribution in [0.25, 0.3) is 22.6 Å². The first-order valence-electron chi connectivity index (χ1n) is 12.0. The summed E-state index contributed by atoms with van der Waals surface area (Å²) in [6, 6.07) is 11.8. The quantitative estimate of drug-likeness (QED) is 0.347. The third-order valence-electron chi connectivity index (χ3n) is 6.86. The van der Waals surface area contributed by atoms with Gasteiger partial charge in [-0.15, -0.1) is 0 Å². The molecule has 190 valence electrons. The highest BCUT2D eigenvalue weighted by Gasteiger charge is 2.44. The van der Waals surface area contributed by atoms with E-state index in [0.29, 0.717) is 33.5 Å². The number of aryl methyl sites for hydroxylation is 1. The molecule has 0 spiro atoms. The SMILES string of the molecule is Cn1nccc1CC(=O)c1nc(-c2nn(Cc3ccccc3F)c3ncccc23)nc2c1C(C)(C)C(=O)N2. The second-order valence-corrected chi connectivity index (χ2v) is 9.72. The van der Waals surface area contributed by atoms with Crippen LogP contribution in [-0.2, 0) is 30.2 Å². The molecule has 38 heavy (non-hydrogen) atoms. The van der Waals surface area contributed by atoms with Gasteiger partial charge >= 0.3 is 0 Å². The minimum Gasteiger partial charge on any atom is -0.310 e. The summed E-state index contributed by atoms with van der Waals surface area (Å²) in [5, 5.41) is 12.3. The van der Waals surface area contributed by atoms with E-state index < -0.39 is 5.41 Å². The summed E-state index contributed by atoms with van der Waals surface area (Å²) in [5.41, 5.74) is 1.65. The van der Waals surface area contributed by atoms with E-state index in [2.05, 4.69) is 25.4 Å². The van der Waals surface area contributed by atoms with Crippen LogP contribution in [0, 0.1) is 5.82 Å². The van der Waals surface area contributed by atoms with Crippen LogP contribution in [0.3, 0.4) is 0 Å². The Labute approximate surface area is 216 Å². The van der Waals surface area contributed by atoms with Gasteiger partial charge in [-0.3, -0.25) is 14.3 Å². The molecule has 0 unspecified atom stereocenters. The minimum atomic E-state index is -1.00. The second kappa shape index (κ2) is 8.65. The lowest BCUT2D eigenvalue weighted by molar-refractivity contribution is -0.119. The van der Waals surface area contributed by atoms with Gasteiger partial charge in [0.1, 0.15) is 23.0 Å². The number of carbonyl (C=O) groups excluding carboxylic acids is 2. The van der Waals surface area contributed by atoms with E-state index in [0.717, 1.165) is 0 Å². The molecule has 1 amide bonds. The number of Topliss-reactive ketones (excluding diaryl/α,β-unsaturated/α-hetero) is 1. The molecule has 5 aromatic rings. The van der Waals surface area contributed by atoms with E-state index >= 15 is 0 Å². The standard InChI is InChI=1S/C27H23FN8O2/c1-27(2)20-22(19(37)13-16-10-12-30-35(16)3)31-24(32-23(20)33-26(27)38)21-17-8-6-11-29-25(17)36(34-21)14-15-7-4-5-9-18(15)28/h4-12H,13-14H2,1-3H3,(H,31,32,33,38). The average Bonchev–Trinajstić information content (AvgIpc) is 3.54. The van der Waals surface area contributed by atoms with Crippen molar-refractivity contribution in [1.29, 1.82) is 0 Å². The van der Waals surface area contributed by atoms with Gasteiger partial charge in [0.25, 0.3) is 0 Å². The van der Waals surface area contributed by atoms with Crippen molar-refractivity contribution in [2.75, 3.05) is 5.32 Å². The first kappa shape index (κ1) is 23.6. The summed E-state index contributed by atoms with van der Waals surface area (Å²) < 4.78 is 17.6. The Hall–Kier alpha value is -4.80. The van der Waals surface area contributed by atoms with Crippen molar-refractivity contribution in [1.82, 2.24) is 34.5 Å². The van der Waals surface area contributed by atoms with Crippen LogP contribution in [0.15, 0.2) is 54.9 Å². The summed E-state index contributed by atoms with van der Waals surface area (Å²) >= 11 is 0.